The number of aryl methyl sites for hydroxylation is 1. The monoisotopic (exact) mass is 433 g/mol. The summed E-state index contributed by atoms with van der Waals surface area (Å²) in [5.74, 6) is -0.311. The highest BCUT2D eigenvalue weighted by atomic mass is 19.4. The second-order valence-corrected chi connectivity index (χ2v) is 7.08. The molecule has 1 aliphatic rings. The summed E-state index contributed by atoms with van der Waals surface area (Å²) in [5, 5.41) is 8.17. The Hall–Kier alpha value is -3.57. The van der Waals surface area contributed by atoms with Crippen molar-refractivity contribution in [3.05, 3.63) is 53.9 Å². The fourth-order valence-corrected chi connectivity index (χ4v) is 3.25. The molecule has 0 bridgehead atoms. The fraction of sp³-hybridized carbons (Fsp3) is 0.368. The van der Waals surface area contributed by atoms with Gasteiger partial charge in [-0.25, -0.2) is 15.0 Å². The molecule has 3 aromatic heterocycles. The summed E-state index contributed by atoms with van der Waals surface area (Å²) in [4.78, 5) is 27.6. The summed E-state index contributed by atoms with van der Waals surface area (Å²) < 4.78 is 43.6. The van der Waals surface area contributed by atoms with Crippen molar-refractivity contribution in [3.8, 4) is 11.7 Å². The van der Waals surface area contributed by atoms with Crippen LogP contribution in [-0.2, 0) is 6.18 Å². The molecule has 9 nitrogen and oxygen atoms in total. The molecule has 1 atom stereocenters. The summed E-state index contributed by atoms with van der Waals surface area (Å²) >= 11 is 0. The first-order valence-corrected chi connectivity index (χ1v) is 9.50. The second kappa shape index (κ2) is 8.28. The molecule has 3 aromatic rings. The van der Waals surface area contributed by atoms with Gasteiger partial charge in [0.1, 0.15) is 11.8 Å². The molecule has 0 aromatic carbocycles. The summed E-state index contributed by atoms with van der Waals surface area (Å²) in [6.45, 7) is 2.57. The summed E-state index contributed by atoms with van der Waals surface area (Å²) in [6.07, 6.45) is 2.24. The molecule has 31 heavy (non-hydrogen) atoms. The Bertz CT molecular complexity index is 1060. The number of aromatic nitrogens is 6. The van der Waals surface area contributed by atoms with Gasteiger partial charge in [-0.2, -0.15) is 23.4 Å². The van der Waals surface area contributed by atoms with Crippen molar-refractivity contribution >= 4 is 5.91 Å². The Balaban J connectivity index is 1.49. The van der Waals surface area contributed by atoms with Gasteiger partial charge < -0.3 is 9.64 Å². The van der Waals surface area contributed by atoms with Crippen LogP contribution in [0.5, 0.6) is 6.01 Å². The van der Waals surface area contributed by atoms with Crippen molar-refractivity contribution in [2.24, 2.45) is 0 Å². The van der Waals surface area contributed by atoms with Gasteiger partial charge in [0.15, 0.2) is 5.69 Å². The number of carbonyl (C=O) groups is 1. The lowest BCUT2D eigenvalue weighted by atomic mass is 10.1. The van der Waals surface area contributed by atoms with E-state index >= 15 is 0 Å². The van der Waals surface area contributed by atoms with Gasteiger partial charge in [-0.15, -0.1) is 4.80 Å². The van der Waals surface area contributed by atoms with E-state index in [9.17, 15) is 18.0 Å². The number of piperidine rings is 1. The Morgan fingerprint density at radius 3 is 2.52 bits per heavy atom. The summed E-state index contributed by atoms with van der Waals surface area (Å²) in [5.41, 5.74) is 0.561. The first kappa shape index (κ1) is 20.7. The maximum atomic E-state index is 13.2. The molecule has 1 unspecified atom stereocenters. The predicted molar refractivity (Wildman–Crippen MR) is 100 cm³/mol. The van der Waals surface area contributed by atoms with E-state index in [1.54, 1.807) is 17.2 Å². The Labute approximate surface area is 174 Å². The number of amides is 1. The van der Waals surface area contributed by atoms with E-state index in [-0.39, 0.29) is 24.2 Å². The van der Waals surface area contributed by atoms with Gasteiger partial charge in [0.25, 0.3) is 5.91 Å². The Kier molecular flexibility index (Phi) is 5.53. The standard InChI is InChI=1S/C19H18F3N7O2/c1-12-7-15(29-26-4-5-27-29)16(23-8-12)17(30)28-6-2-3-14(11-28)31-18-24-9-13(10-25-18)19(20,21)22/h4-5,7-10,14H,2-3,6,11H2,1H3. The SMILES string of the molecule is Cc1cnc(C(=O)N2CCCC(Oc3ncc(C(F)(F)F)cn3)C2)c(-n2nccn2)c1. The van der Waals surface area contributed by atoms with Crippen LogP contribution >= 0.6 is 0 Å². The van der Waals surface area contributed by atoms with Crippen molar-refractivity contribution in [1.29, 1.82) is 0 Å². The average molecular weight is 433 g/mol. The van der Waals surface area contributed by atoms with Gasteiger partial charge in [-0.1, -0.05) is 0 Å². The zero-order valence-electron chi connectivity index (χ0n) is 16.5. The van der Waals surface area contributed by atoms with E-state index in [2.05, 4.69) is 25.1 Å². The normalized spacial score (nSPS) is 16.9. The zero-order chi connectivity index (χ0) is 22.0. The predicted octanol–water partition coefficient (Wildman–Crippen LogP) is 2.46. The number of alkyl halides is 3. The fourth-order valence-electron chi connectivity index (χ4n) is 3.25. The second-order valence-electron chi connectivity index (χ2n) is 7.08. The first-order chi connectivity index (χ1) is 14.8. The van der Waals surface area contributed by atoms with Gasteiger partial charge in [0, 0.05) is 25.1 Å². The van der Waals surface area contributed by atoms with Crippen LogP contribution in [0.15, 0.2) is 37.1 Å². The van der Waals surface area contributed by atoms with Crippen LogP contribution in [0.1, 0.15) is 34.5 Å². The summed E-state index contributed by atoms with van der Waals surface area (Å²) in [6, 6.07) is 1.61. The topological polar surface area (TPSA) is 98.9 Å². The van der Waals surface area contributed by atoms with Crippen molar-refractivity contribution in [2.75, 3.05) is 13.1 Å². The maximum absolute atomic E-state index is 13.2. The Morgan fingerprint density at radius 1 is 1.13 bits per heavy atom. The van der Waals surface area contributed by atoms with Gasteiger partial charge in [-0.05, 0) is 31.4 Å². The third-order valence-electron chi connectivity index (χ3n) is 4.73. The van der Waals surface area contributed by atoms with Gasteiger partial charge in [-0.3, -0.25) is 4.79 Å². The van der Waals surface area contributed by atoms with Crippen LogP contribution in [0.25, 0.3) is 5.69 Å². The quantitative estimate of drug-likeness (QED) is 0.623. The number of hydrogen-bond donors (Lipinski definition) is 0. The minimum atomic E-state index is -4.52. The van der Waals surface area contributed by atoms with E-state index in [4.69, 9.17) is 4.74 Å². The largest absolute Gasteiger partial charge is 0.458 e. The van der Waals surface area contributed by atoms with Crippen LogP contribution < -0.4 is 4.74 Å². The number of pyridine rings is 1. The zero-order valence-corrected chi connectivity index (χ0v) is 16.5. The van der Waals surface area contributed by atoms with E-state index in [0.717, 1.165) is 5.56 Å². The average Bonchev–Trinajstić information content (AvgIpc) is 3.28. The molecule has 1 fully saturated rings. The highest BCUT2D eigenvalue weighted by molar-refractivity contribution is 5.95. The number of nitrogens with zero attached hydrogens (tertiary/aromatic N) is 7. The number of rotatable bonds is 4. The van der Waals surface area contributed by atoms with Gasteiger partial charge in [0.05, 0.1) is 24.5 Å². The van der Waals surface area contributed by atoms with Crippen molar-refractivity contribution in [2.45, 2.75) is 32.0 Å². The highest BCUT2D eigenvalue weighted by Crippen LogP contribution is 2.28. The van der Waals surface area contributed by atoms with Crippen LogP contribution in [0.4, 0.5) is 13.2 Å². The van der Waals surface area contributed by atoms with E-state index in [0.29, 0.717) is 37.5 Å². The smallest absolute Gasteiger partial charge is 0.419 e. The summed E-state index contributed by atoms with van der Waals surface area (Å²) in [7, 11) is 0. The first-order valence-electron chi connectivity index (χ1n) is 9.50. The molecule has 12 heteroatoms. The molecule has 0 saturated carbocycles. The van der Waals surface area contributed by atoms with Gasteiger partial charge in [0.2, 0.25) is 0 Å². The molecule has 1 saturated heterocycles. The maximum Gasteiger partial charge on any atom is 0.419 e. The molecule has 1 aliphatic heterocycles. The third-order valence-corrected chi connectivity index (χ3v) is 4.73. The lowest BCUT2D eigenvalue weighted by Crippen LogP contribution is -2.45. The van der Waals surface area contributed by atoms with Crippen molar-refractivity contribution in [3.63, 3.8) is 0 Å². The minimum absolute atomic E-state index is 0.165. The van der Waals surface area contributed by atoms with Crippen LogP contribution in [0, 0.1) is 6.92 Å². The number of carbonyl (C=O) groups excluding carboxylic acids is 1. The minimum Gasteiger partial charge on any atom is -0.458 e. The molecule has 4 heterocycles. The molecule has 0 spiro atoms. The van der Waals surface area contributed by atoms with Crippen LogP contribution in [0.3, 0.4) is 0 Å². The van der Waals surface area contributed by atoms with Crippen molar-refractivity contribution < 1.29 is 22.7 Å². The Morgan fingerprint density at radius 2 is 1.84 bits per heavy atom. The molecule has 0 radical (unpaired) electrons. The van der Waals surface area contributed by atoms with Gasteiger partial charge >= 0.3 is 12.2 Å². The number of halogens is 3. The van der Waals surface area contributed by atoms with E-state index < -0.39 is 17.8 Å². The van der Waals surface area contributed by atoms with Crippen LogP contribution in [0.2, 0.25) is 0 Å². The highest BCUT2D eigenvalue weighted by Gasteiger charge is 2.32. The molecule has 0 N–H and O–H groups in total. The third kappa shape index (κ3) is 4.62. The molecule has 162 valence electrons. The van der Waals surface area contributed by atoms with Crippen molar-refractivity contribution in [1.82, 2.24) is 34.8 Å². The molecule has 0 aliphatic carbocycles. The molecule has 1 amide bonds. The van der Waals surface area contributed by atoms with E-state index in [1.807, 2.05) is 6.92 Å². The molecule has 4 rings (SSSR count). The van der Waals surface area contributed by atoms with Crippen LogP contribution in [-0.4, -0.2) is 59.9 Å². The number of hydrogen-bond acceptors (Lipinski definition) is 7. The molecular weight excluding hydrogens is 415 g/mol. The lowest BCUT2D eigenvalue weighted by Gasteiger charge is -2.32. The number of likely N-dealkylation sites (tertiary alicyclic amines) is 1. The number of ether oxygens (including phenoxy) is 1. The lowest BCUT2D eigenvalue weighted by molar-refractivity contribution is -0.138. The van der Waals surface area contributed by atoms with E-state index in [1.165, 1.54) is 17.2 Å². The molecular formula is C19H18F3N7O2.